The lowest BCUT2D eigenvalue weighted by molar-refractivity contribution is 0.138. The van der Waals surface area contributed by atoms with Gasteiger partial charge in [-0.25, -0.2) is 0 Å². The molecular formula is C16H22N2. The number of nitriles is 1. The summed E-state index contributed by atoms with van der Waals surface area (Å²) < 4.78 is 0. The summed E-state index contributed by atoms with van der Waals surface area (Å²) in [5.74, 6) is 0. The third kappa shape index (κ3) is 1.83. The molecule has 1 atom stereocenters. The maximum atomic E-state index is 9.01. The van der Waals surface area contributed by atoms with Gasteiger partial charge in [0.05, 0.1) is 11.6 Å². The highest BCUT2D eigenvalue weighted by atomic mass is 14.6. The Hall–Kier alpha value is -1.33. The Kier molecular flexibility index (Phi) is 3.21. The molecule has 0 aliphatic heterocycles. The highest BCUT2D eigenvalue weighted by Gasteiger charge is 2.45. The minimum atomic E-state index is 0.114. The summed E-state index contributed by atoms with van der Waals surface area (Å²) in [5.41, 5.74) is 9.69. The van der Waals surface area contributed by atoms with Gasteiger partial charge >= 0.3 is 0 Å². The van der Waals surface area contributed by atoms with Gasteiger partial charge in [-0.15, -0.1) is 0 Å². The van der Waals surface area contributed by atoms with Gasteiger partial charge in [0.1, 0.15) is 0 Å². The Balaban J connectivity index is 2.56. The number of aryl methyl sites for hydroxylation is 1. The van der Waals surface area contributed by atoms with Crippen molar-refractivity contribution in [1.29, 1.82) is 5.26 Å². The van der Waals surface area contributed by atoms with Crippen molar-refractivity contribution in [3.05, 3.63) is 34.9 Å². The van der Waals surface area contributed by atoms with Gasteiger partial charge in [0, 0.05) is 0 Å². The van der Waals surface area contributed by atoms with Crippen molar-refractivity contribution in [3.8, 4) is 6.07 Å². The second-order valence-corrected chi connectivity index (χ2v) is 6.24. The predicted octanol–water partition coefficient (Wildman–Crippen LogP) is 3.14. The smallest absolute Gasteiger partial charge is 0.0991 e. The van der Waals surface area contributed by atoms with Crippen LogP contribution in [0, 0.1) is 16.7 Å². The van der Waals surface area contributed by atoms with Crippen molar-refractivity contribution in [3.63, 3.8) is 0 Å². The highest BCUT2D eigenvalue weighted by Crippen LogP contribution is 2.51. The van der Waals surface area contributed by atoms with Gasteiger partial charge in [0.15, 0.2) is 0 Å². The van der Waals surface area contributed by atoms with E-state index in [1.807, 2.05) is 6.07 Å². The Morgan fingerprint density at radius 2 is 2.06 bits per heavy atom. The van der Waals surface area contributed by atoms with Crippen molar-refractivity contribution < 1.29 is 0 Å². The minimum absolute atomic E-state index is 0.114. The maximum absolute atomic E-state index is 9.01. The van der Waals surface area contributed by atoms with Crippen LogP contribution in [0.1, 0.15) is 50.3 Å². The van der Waals surface area contributed by atoms with Gasteiger partial charge in [0.25, 0.3) is 0 Å². The Morgan fingerprint density at radius 1 is 1.33 bits per heavy atom. The third-order valence-corrected chi connectivity index (χ3v) is 4.99. The first-order valence-electron chi connectivity index (χ1n) is 6.68. The first-order chi connectivity index (χ1) is 8.44. The zero-order chi connectivity index (χ0) is 13.4. The molecule has 0 radical (unpaired) electrons. The van der Waals surface area contributed by atoms with Crippen LogP contribution in [0.3, 0.4) is 0 Å². The molecule has 0 amide bonds. The number of nitrogens with two attached hydrogens (primary N) is 1. The fraction of sp³-hybridized carbons (Fsp3) is 0.562. The first kappa shape index (κ1) is 13.1. The van der Waals surface area contributed by atoms with Crippen LogP contribution >= 0.6 is 0 Å². The minimum Gasteiger partial charge on any atom is -0.330 e. The summed E-state index contributed by atoms with van der Waals surface area (Å²) in [5, 5.41) is 9.01. The normalized spacial score (nSPS) is 25.3. The summed E-state index contributed by atoms with van der Waals surface area (Å²) in [4.78, 5) is 0. The number of benzene rings is 1. The molecule has 0 bridgehead atoms. The molecule has 2 heteroatoms. The van der Waals surface area contributed by atoms with E-state index in [-0.39, 0.29) is 10.8 Å². The fourth-order valence-corrected chi connectivity index (χ4v) is 3.26. The van der Waals surface area contributed by atoms with Crippen LogP contribution in [0.25, 0.3) is 0 Å². The average Bonchev–Trinajstić information content (AvgIpc) is 2.34. The van der Waals surface area contributed by atoms with Gasteiger partial charge in [-0.2, -0.15) is 5.26 Å². The molecule has 0 spiro atoms. The van der Waals surface area contributed by atoms with Crippen molar-refractivity contribution in [2.24, 2.45) is 11.1 Å². The fourth-order valence-electron chi connectivity index (χ4n) is 3.26. The zero-order valence-corrected chi connectivity index (χ0v) is 11.6. The summed E-state index contributed by atoms with van der Waals surface area (Å²) in [6, 6.07) is 8.37. The van der Waals surface area contributed by atoms with Crippen molar-refractivity contribution in [1.82, 2.24) is 0 Å². The molecule has 1 aliphatic carbocycles. The molecule has 0 aromatic heterocycles. The van der Waals surface area contributed by atoms with E-state index in [9.17, 15) is 0 Å². The topological polar surface area (TPSA) is 49.8 Å². The van der Waals surface area contributed by atoms with Crippen LogP contribution in [0.15, 0.2) is 18.2 Å². The molecule has 1 aromatic carbocycles. The standard InChI is InChI=1S/C16H22N2/c1-15(2)7-6-13-10-12(11-18)4-5-14(13)16(15,3)8-9-17/h4-5,10H,6-9,17H2,1-3H3. The number of rotatable bonds is 2. The van der Waals surface area contributed by atoms with E-state index in [4.69, 9.17) is 11.0 Å². The Bertz CT molecular complexity index is 496. The molecule has 0 saturated heterocycles. The Morgan fingerprint density at radius 3 is 2.67 bits per heavy atom. The van der Waals surface area contributed by atoms with Gasteiger partial charge in [0.2, 0.25) is 0 Å². The summed E-state index contributed by atoms with van der Waals surface area (Å²) in [6.07, 6.45) is 3.22. The summed E-state index contributed by atoms with van der Waals surface area (Å²) >= 11 is 0. The van der Waals surface area contributed by atoms with Crippen molar-refractivity contribution in [2.45, 2.75) is 45.4 Å². The van der Waals surface area contributed by atoms with Crippen LogP contribution in [-0.4, -0.2) is 6.54 Å². The van der Waals surface area contributed by atoms with Crippen LogP contribution in [0.2, 0.25) is 0 Å². The van der Waals surface area contributed by atoms with E-state index in [0.717, 1.165) is 24.8 Å². The Labute approximate surface area is 110 Å². The van der Waals surface area contributed by atoms with E-state index in [2.05, 4.69) is 39.0 Å². The second kappa shape index (κ2) is 4.40. The predicted molar refractivity (Wildman–Crippen MR) is 74.3 cm³/mol. The van der Waals surface area contributed by atoms with E-state index in [0.29, 0.717) is 6.54 Å². The van der Waals surface area contributed by atoms with Crippen LogP contribution in [0.4, 0.5) is 0 Å². The quantitative estimate of drug-likeness (QED) is 0.866. The van der Waals surface area contributed by atoms with Gasteiger partial charge in [-0.3, -0.25) is 0 Å². The van der Waals surface area contributed by atoms with Crippen LogP contribution in [0.5, 0.6) is 0 Å². The first-order valence-corrected chi connectivity index (χ1v) is 6.68. The molecule has 1 aliphatic rings. The van der Waals surface area contributed by atoms with E-state index < -0.39 is 0 Å². The number of hydrogen-bond acceptors (Lipinski definition) is 2. The van der Waals surface area contributed by atoms with Crippen molar-refractivity contribution >= 4 is 0 Å². The average molecular weight is 242 g/mol. The van der Waals surface area contributed by atoms with Gasteiger partial charge in [-0.05, 0) is 59.9 Å². The lowest BCUT2D eigenvalue weighted by atomic mass is 9.55. The highest BCUT2D eigenvalue weighted by molar-refractivity contribution is 5.44. The molecule has 1 unspecified atom stereocenters. The molecule has 2 rings (SSSR count). The second-order valence-electron chi connectivity index (χ2n) is 6.24. The van der Waals surface area contributed by atoms with Crippen molar-refractivity contribution in [2.75, 3.05) is 6.54 Å². The van der Waals surface area contributed by atoms with E-state index in [1.54, 1.807) is 0 Å². The summed E-state index contributed by atoms with van der Waals surface area (Å²) in [6.45, 7) is 7.71. The molecule has 2 N–H and O–H groups in total. The molecular weight excluding hydrogens is 220 g/mol. The third-order valence-electron chi connectivity index (χ3n) is 4.99. The van der Waals surface area contributed by atoms with E-state index >= 15 is 0 Å². The monoisotopic (exact) mass is 242 g/mol. The van der Waals surface area contributed by atoms with Gasteiger partial charge < -0.3 is 5.73 Å². The molecule has 2 nitrogen and oxygen atoms in total. The molecule has 0 saturated carbocycles. The zero-order valence-electron chi connectivity index (χ0n) is 11.6. The lowest BCUT2D eigenvalue weighted by Crippen LogP contribution is -2.44. The number of hydrogen-bond donors (Lipinski definition) is 1. The molecule has 18 heavy (non-hydrogen) atoms. The summed E-state index contributed by atoms with van der Waals surface area (Å²) in [7, 11) is 0. The molecule has 0 fully saturated rings. The number of fused-ring (bicyclic) bond motifs is 1. The van der Waals surface area contributed by atoms with Crippen LogP contribution < -0.4 is 5.73 Å². The SMILES string of the molecule is CC1(C)CCc2cc(C#N)ccc2C1(C)CCN. The largest absolute Gasteiger partial charge is 0.330 e. The number of nitrogens with zero attached hydrogens (tertiary/aromatic N) is 1. The maximum Gasteiger partial charge on any atom is 0.0991 e. The molecule has 0 heterocycles. The molecule has 96 valence electrons. The molecule has 1 aromatic rings. The van der Waals surface area contributed by atoms with E-state index in [1.165, 1.54) is 11.1 Å². The lowest BCUT2D eigenvalue weighted by Gasteiger charge is -2.49. The van der Waals surface area contributed by atoms with Gasteiger partial charge in [-0.1, -0.05) is 26.8 Å². The van der Waals surface area contributed by atoms with Crippen LogP contribution in [-0.2, 0) is 11.8 Å².